The number of nitrogens with zero attached hydrogens (tertiary/aromatic N) is 1. The molecule has 0 aliphatic heterocycles. The number of aliphatic hydroxyl groups is 1. The maximum Gasteiger partial charge on any atom is 0.337 e. The van der Waals surface area contributed by atoms with Crippen LogP contribution >= 0.6 is 0 Å². The van der Waals surface area contributed by atoms with E-state index in [2.05, 4.69) is 4.98 Å². The van der Waals surface area contributed by atoms with E-state index in [1.165, 1.54) is 32.1 Å². The van der Waals surface area contributed by atoms with Crippen molar-refractivity contribution in [2.75, 3.05) is 0 Å². The molecular formula is C23H34N2O4. The van der Waals surface area contributed by atoms with E-state index in [4.69, 9.17) is 10.5 Å². The van der Waals surface area contributed by atoms with Crippen LogP contribution in [-0.4, -0.2) is 38.9 Å². The van der Waals surface area contributed by atoms with Crippen molar-refractivity contribution in [1.29, 1.82) is 0 Å². The minimum absolute atomic E-state index is 0.129. The van der Waals surface area contributed by atoms with Gasteiger partial charge in [-0.3, -0.25) is 4.98 Å². The summed E-state index contributed by atoms with van der Waals surface area (Å²) in [6.07, 6.45) is 8.70. The topological polar surface area (TPSA) is 106 Å². The van der Waals surface area contributed by atoms with Crippen LogP contribution in [0.15, 0.2) is 18.3 Å². The molecule has 1 aromatic rings. The van der Waals surface area contributed by atoms with E-state index < -0.39 is 17.6 Å². The molecule has 3 saturated carbocycles. The van der Waals surface area contributed by atoms with E-state index in [0.717, 1.165) is 17.6 Å². The van der Waals surface area contributed by atoms with E-state index in [1.54, 1.807) is 12.3 Å². The van der Waals surface area contributed by atoms with Gasteiger partial charge in [0.25, 0.3) is 0 Å². The minimum atomic E-state index is -2.04. The summed E-state index contributed by atoms with van der Waals surface area (Å²) in [6, 6.07) is 2.76. The Balaban J connectivity index is 1.49. The molecule has 1 heterocycles. The second-order valence-corrected chi connectivity index (χ2v) is 10.0. The molecule has 6 nitrogen and oxygen atoms in total. The fourth-order valence-corrected chi connectivity index (χ4v) is 6.14. The summed E-state index contributed by atoms with van der Waals surface area (Å²) in [5.74, 6) is 2.58. The number of nitrogens with two attached hydrogens (primary N) is 1. The second kappa shape index (κ2) is 7.88. The number of carboxylic acid groups (broad SMARTS) is 1. The Hall–Kier alpha value is -1.66. The van der Waals surface area contributed by atoms with Crippen molar-refractivity contribution in [3.05, 3.63) is 24.0 Å². The lowest BCUT2D eigenvalue weighted by Gasteiger charge is -2.42. The third-order valence-electron chi connectivity index (χ3n) is 7.50. The first-order valence-corrected chi connectivity index (χ1v) is 11.1. The summed E-state index contributed by atoms with van der Waals surface area (Å²) >= 11 is 0. The third-order valence-corrected chi connectivity index (χ3v) is 7.50. The summed E-state index contributed by atoms with van der Waals surface area (Å²) in [5, 5.41) is 20.5. The first-order chi connectivity index (χ1) is 13.8. The summed E-state index contributed by atoms with van der Waals surface area (Å²) < 4.78 is 6.46. The summed E-state index contributed by atoms with van der Waals surface area (Å²) in [5.41, 5.74) is 4.54. The largest absolute Gasteiger partial charge is 0.490 e. The standard InChI is InChI=1S/C23H34N2O4/c1-13(2)7-20(24)23(28,22(26)27)12-17-11-18(5-6-25-17)29-21-16-4-3-15-8-14(9-16)10-19(15)21/h5-6,11,13-16,19-21,28H,3-4,7-10,12,24H2,1-2H3,(H,26,27)/t14?,15?,16?,19?,20-,21?,23+/m0/s1. The normalized spacial score (nSPS) is 33.5. The molecule has 3 aliphatic carbocycles. The van der Waals surface area contributed by atoms with Gasteiger partial charge in [0.05, 0.1) is 0 Å². The van der Waals surface area contributed by atoms with Crippen LogP contribution in [0.3, 0.4) is 0 Å². The molecule has 3 bridgehead atoms. The number of ether oxygens (including phenoxy) is 1. The average Bonchev–Trinajstić information content (AvgIpc) is 2.87. The predicted molar refractivity (Wildman–Crippen MR) is 109 cm³/mol. The van der Waals surface area contributed by atoms with Crippen LogP contribution in [0.25, 0.3) is 0 Å². The van der Waals surface area contributed by atoms with Gasteiger partial charge in [-0.25, -0.2) is 4.79 Å². The van der Waals surface area contributed by atoms with Crippen molar-refractivity contribution >= 4 is 5.97 Å². The van der Waals surface area contributed by atoms with Gasteiger partial charge in [-0.1, -0.05) is 13.8 Å². The van der Waals surface area contributed by atoms with Crippen LogP contribution in [0.2, 0.25) is 0 Å². The van der Waals surface area contributed by atoms with Gasteiger partial charge in [0, 0.05) is 30.4 Å². The molecule has 160 valence electrons. The molecule has 5 unspecified atom stereocenters. The van der Waals surface area contributed by atoms with Crippen LogP contribution in [0.1, 0.15) is 58.1 Å². The van der Waals surface area contributed by atoms with Gasteiger partial charge in [-0.2, -0.15) is 0 Å². The Morgan fingerprint density at radius 3 is 2.76 bits per heavy atom. The number of fused-ring (bicyclic) bond motifs is 2. The second-order valence-electron chi connectivity index (χ2n) is 10.0. The average molecular weight is 403 g/mol. The van der Waals surface area contributed by atoms with Gasteiger partial charge < -0.3 is 20.7 Å². The Labute approximate surface area is 172 Å². The summed E-state index contributed by atoms with van der Waals surface area (Å²) in [4.78, 5) is 16.1. The van der Waals surface area contributed by atoms with Crippen molar-refractivity contribution in [3.8, 4) is 5.75 Å². The lowest BCUT2D eigenvalue weighted by molar-refractivity contribution is -0.161. The summed E-state index contributed by atoms with van der Waals surface area (Å²) in [6.45, 7) is 3.92. The van der Waals surface area contributed by atoms with Gasteiger partial charge >= 0.3 is 5.97 Å². The zero-order valence-electron chi connectivity index (χ0n) is 17.5. The zero-order chi connectivity index (χ0) is 20.8. The van der Waals surface area contributed by atoms with Crippen LogP contribution < -0.4 is 10.5 Å². The van der Waals surface area contributed by atoms with E-state index in [-0.39, 0.29) is 18.4 Å². The molecule has 4 rings (SSSR count). The van der Waals surface area contributed by atoms with Crippen molar-refractivity contribution in [3.63, 3.8) is 0 Å². The van der Waals surface area contributed by atoms with Gasteiger partial charge in [-0.05, 0) is 74.2 Å². The van der Waals surface area contributed by atoms with Crippen molar-refractivity contribution < 1.29 is 19.7 Å². The van der Waals surface area contributed by atoms with Gasteiger partial charge in [0.1, 0.15) is 11.9 Å². The smallest absolute Gasteiger partial charge is 0.337 e. The number of aliphatic carboxylic acids is 1. The van der Waals surface area contributed by atoms with Crippen molar-refractivity contribution in [2.45, 2.75) is 76.5 Å². The van der Waals surface area contributed by atoms with Gasteiger partial charge in [0.15, 0.2) is 5.60 Å². The number of carbonyl (C=O) groups is 1. The Morgan fingerprint density at radius 2 is 2.03 bits per heavy atom. The molecular weight excluding hydrogens is 368 g/mol. The van der Waals surface area contributed by atoms with Gasteiger partial charge in [0.2, 0.25) is 0 Å². The molecule has 3 fully saturated rings. The highest BCUT2D eigenvalue weighted by Gasteiger charge is 2.51. The van der Waals surface area contributed by atoms with Crippen LogP contribution in [0, 0.1) is 29.6 Å². The molecule has 3 aliphatic rings. The van der Waals surface area contributed by atoms with Crippen molar-refractivity contribution in [1.82, 2.24) is 4.98 Å². The van der Waals surface area contributed by atoms with Crippen molar-refractivity contribution in [2.24, 2.45) is 35.3 Å². The molecule has 29 heavy (non-hydrogen) atoms. The highest BCUT2D eigenvalue weighted by Crippen LogP contribution is 2.56. The maximum atomic E-state index is 11.8. The zero-order valence-corrected chi connectivity index (χ0v) is 17.5. The molecule has 0 saturated heterocycles. The highest BCUT2D eigenvalue weighted by molar-refractivity contribution is 5.78. The molecule has 1 aromatic heterocycles. The number of hydrogen-bond donors (Lipinski definition) is 3. The number of carboxylic acids is 1. The monoisotopic (exact) mass is 402 g/mol. The third kappa shape index (κ3) is 4.02. The minimum Gasteiger partial charge on any atom is -0.490 e. The molecule has 0 aromatic carbocycles. The lowest BCUT2D eigenvalue weighted by Crippen LogP contribution is -2.56. The highest BCUT2D eigenvalue weighted by atomic mass is 16.5. The first kappa shape index (κ1) is 20.6. The van der Waals surface area contributed by atoms with Crippen LogP contribution in [0.5, 0.6) is 5.75 Å². The quantitative estimate of drug-likeness (QED) is 0.617. The fraction of sp³-hybridized carbons (Fsp3) is 0.739. The van der Waals surface area contributed by atoms with E-state index in [0.29, 0.717) is 24.0 Å². The molecule has 0 radical (unpaired) electrons. The number of rotatable bonds is 8. The maximum absolute atomic E-state index is 11.8. The van der Waals surface area contributed by atoms with E-state index >= 15 is 0 Å². The van der Waals surface area contributed by atoms with Crippen LogP contribution in [0.4, 0.5) is 0 Å². The Morgan fingerprint density at radius 1 is 1.31 bits per heavy atom. The molecule has 0 spiro atoms. The molecule has 0 amide bonds. The molecule has 6 heteroatoms. The van der Waals surface area contributed by atoms with Gasteiger partial charge in [-0.15, -0.1) is 0 Å². The number of pyridine rings is 1. The Bertz CT molecular complexity index is 754. The van der Waals surface area contributed by atoms with Crippen LogP contribution in [-0.2, 0) is 11.2 Å². The molecule has 7 atom stereocenters. The lowest BCUT2D eigenvalue weighted by atomic mass is 9.70. The number of hydrogen-bond acceptors (Lipinski definition) is 5. The fourth-order valence-electron chi connectivity index (χ4n) is 6.14. The van der Waals surface area contributed by atoms with E-state index in [9.17, 15) is 15.0 Å². The number of aromatic nitrogens is 1. The molecule has 4 N–H and O–H groups in total. The Kier molecular flexibility index (Phi) is 5.60. The first-order valence-electron chi connectivity index (χ1n) is 11.1. The predicted octanol–water partition coefficient (Wildman–Crippen LogP) is 3.02. The summed E-state index contributed by atoms with van der Waals surface area (Å²) in [7, 11) is 0. The SMILES string of the molecule is CC(C)C[C@H](N)[C@](O)(Cc1cc(OC2C3CCC4CC(C3)CC42)ccn1)C(=O)O. The van der Waals surface area contributed by atoms with E-state index in [1.807, 2.05) is 19.9 Å².